The Kier molecular flexibility index (Phi) is 3.80. The zero-order valence-electron chi connectivity index (χ0n) is 11.4. The minimum absolute atomic E-state index is 0.0424. The molecule has 0 aliphatic carbocycles. The van der Waals surface area contributed by atoms with Gasteiger partial charge in [0.2, 0.25) is 0 Å². The van der Waals surface area contributed by atoms with E-state index in [0.717, 1.165) is 9.87 Å². The zero-order chi connectivity index (χ0) is 15.7. The average Bonchev–Trinajstić information content (AvgIpc) is 2.91. The summed E-state index contributed by atoms with van der Waals surface area (Å²) in [6.07, 6.45) is 0. The van der Waals surface area contributed by atoms with Gasteiger partial charge in [0.15, 0.2) is 0 Å². The van der Waals surface area contributed by atoms with Crippen molar-refractivity contribution in [2.75, 3.05) is 6.54 Å². The Bertz CT molecular complexity index is 791. The van der Waals surface area contributed by atoms with Crippen molar-refractivity contribution in [2.24, 2.45) is 0 Å². The molecule has 1 fully saturated rings. The van der Waals surface area contributed by atoms with E-state index in [1.54, 1.807) is 0 Å². The molecule has 22 heavy (non-hydrogen) atoms. The molecule has 2 aromatic rings. The molecule has 1 atom stereocenters. The molecule has 0 bridgehead atoms. The number of carbonyl (C=O) groups excluding carboxylic acids is 1. The van der Waals surface area contributed by atoms with Gasteiger partial charge in [-0.15, -0.1) is 0 Å². The predicted octanol–water partition coefficient (Wildman–Crippen LogP) is 2.80. The van der Waals surface area contributed by atoms with Crippen LogP contribution in [0, 0.1) is 0 Å². The van der Waals surface area contributed by atoms with Crippen molar-refractivity contribution < 1.29 is 13.2 Å². The van der Waals surface area contributed by atoms with E-state index in [1.165, 1.54) is 24.3 Å². The third-order valence-corrected chi connectivity index (χ3v) is 5.49. The molecular weight excluding hydrogens is 324 g/mol. The summed E-state index contributed by atoms with van der Waals surface area (Å²) >= 11 is 5.77. The van der Waals surface area contributed by atoms with Crippen LogP contribution in [0.5, 0.6) is 0 Å². The summed E-state index contributed by atoms with van der Waals surface area (Å²) in [5.74, 6) is 0. The van der Waals surface area contributed by atoms with E-state index in [9.17, 15) is 13.2 Å². The molecule has 114 valence electrons. The van der Waals surface area contributed by atoms with Crippen LogP contribution in [-0.4, -0.2) is 25.3 Å². The second kappa shape index (κ2) is 5.62. The number of halogens is 1. The molecule has 5 nitrogen and oxygen atoms in total. The summed E-state index contributed by atoms with van der Waals surface area (Å²) in [6, 6.07) is 14.0. The number of hydrogen-bond acceptors (Lipinski definition) is 3. The van der Waals surface area contributed by atoms with Crippen LogP contribution >= 0.6 is 11.6 Å². The minimum Gasteiger partial charge on any atom is -0.328 e. The van der Waals surface area contributed by atoms with Gasteiger partial charge in [-0.3, -0.25) is 0 Å². The van der Waals surface area contributed by atoms with Crippen molar-refractivity contribution in [3.05, 3.63) is 65.2 Å². The first kappa shape index (κ1) is 14.9. The van der Waals surface area contributed by atoms with Crippen molar-refractivity contribution in [3.8, 4) is 0 Å². The maximum absolute atomic E-state index is 12.6. The maximum atomic E-state index is 12.6. The molecule has 1 heterocycles. The molecule has 7 heteroatoms. The maximum Gasteiger partial charge on any atom is 0.331 e. The van der Waals surface area contributed by atoms with Gasteiger partial charge in [-0.2, -0.15) is 0 Å². The number of carbonyl (C=O) groups is 1. The molecule has 1 aliphatic heterocycles. The van der Waals surface area contributed by atoms with E-state index in [4.69, 9.17) is 11.6 Å². The highest BCUT2D eigenvalue weighted by Crippen LogP contribution is 2.26. The lowest BCUT2D eigenvalue weighted by molar-refractivity contribution is 0.235. The van der Waals surface area contributed by atoms with Crippen molar-refractivity contribution >= 4 is 27.7 Å². The topological polar surface area (TPSA) is 66.5 Å². The van der Waals surface area contributed by atoms with Gasteiger partial charge in [0, 0.05) is 5.02 Å². The van der Waals surface area contributed by atoms with E-state index in [1.807, 2.05) is 30.3 Å². The average molecular weight is 337 g/mol. The molecule has 0 aromatic heterocycles. The van der Waals surface area contributed by atoms with Gasteiger partial charge >= 0.3 is 6.03 Å². The number of hydrogen-bond donors (Lipinski definition) is 1. The first-order valence-electron chi connectivity index (χ1n) is 6.62. The van der Waals surface area contributed by atoms with E-state index in [2.05, 4.69) is 5.32 Å². The first-order valence-corrected chi connectivity index (χ1v) is 8.44. The van der Waals surface area contributed by atoms with Crippen LogP contribution in [0.25, 0.3) is 0 Å². The Morgan fingerprint density at radius 3 is 2.32 bits per heavy atom. The second-order valence-corrected chi connectivity index (χ2v) is 7.20. The van der Waals surface area contributed by atoms with Gasteiger partial charge in [-0.25, -0.2) is 17.5 Å². The molecule has 2 aromatic carbocycles. The van der Waals surface area contributed by atoms with Gasteiger partial charge in [-0.05, 0) is 29.8 Å². The van der Waals surface area contributed by atoms with Crippen molar-refractivity contribution in [1.29, 1.82) is 0 Å². The van der Waals surface area contributed by atoms with Crippen LogP contribution in [-0.2, 0) is 10.0 Å². The normalized spacial score (nSPS) is 18.3. The highest BCUT2D eigenvalue weighted by Gasteiger charge is 2.38. The first-order chi connectivity index (χ1) is 10.5. The molecule has 1 unspecified atom stereocenters. The van der Waals surface area contributed by atoms with Crippen molar-refractivity contribution in [1.82, 2.24) is 9.62 Å². The fraction of sp³-hybridized carbons (Fsp3) is 0.133. The Morgan fingerprint density at radius 2 is 1.68 bits per heavy atom. The van der Waals surface area contributed by atoms with Crippen LogP contribution < -0.4 is 5.32 Å². The summed E-state index contributed by atoms with van der Waals surface area (Å²) < 4.78 is 26.0. The number of benzene rings is 2. The summed E-state index contributed by atoms with van der Waals surface area (Å²) in [7, 11) is -3.88. The number of urea groups is 1. The largest absolute Gasteiger partial charge is 0.331 e. The number of nitrogens with one attached hydrogen (secondary N) is 1. The molecule has 2 amide bonds. The van der Waals surface area contributed by atoms with E-state index >= 15 is 0 Å². The summed E-state index contributed by atoms with van der Waals surface area (Å²) in [5.41, 5.74) is 0.865. The molecule has 1 N–H and O–H groups in total. The fourth-order valence-corrected chi connectivity index (χ4v) is 3.81. The summed E-state index contributed by atoms with van der Waals surface area (Å²) in [4.78, 5) is 12.1. The van der Waals surface area contributed by atoms with Gasteiger partial charge in [0.1, 0.15) is 0 Å². The van der Waals surface area contributed by atoms with Crippen molar-refractivity contribution in [2.45, 2.75) is 10.9 Å². The lowest BCUT2D eigenvalue weighted by Crippen LogP contribution is -2.34. The highest BCUT2D eigenvalue weighted by atomic mass is 35.5. The second-order valence-electron chi connectivity index (χ2n) is 4.90. The van der Waals surface area contributed by atoms with Crippen LogP contribution in [0.2, 0.25) is 5.02 Å². The molecule has 0 spiro atoms. The lowest BCUT2D eigenvalue weighted by atomic mass is 10.1. The number of nitrogens with zero attached hydrogens (tertiary/aromatic N) is 1. The third-order valence-electron chi connectivity index (χ3n) is 3.48. The molecule has 1 aliphatic rings. The van der Waals surface area contributed by atoms with Gasteiger partial charge in [0.05, 0.1) is 17.5 Å². The Balaban J connectivity index is 1.89. The monoisotopic (exact) mass is 336 g/mol. The van der Waals surface area contributed by atoms with Crippen LogP contribution in [0.15, 0.2) is 59.5 Å². The smallest absolute Gasteiger partial charge is 0.328 e. The summed E-state index contributed by atoms with van der Waals surface area (Å²) in [6.45, 7) is 0.0633. The molecular formula is C15H13ClN2O3S. The van der Waals surface area contributed by atoms with Gasteiger partial charge in [0.25, 0.3) is 10.0 Å². The quantitative estimate of drug-likeness (QED) is 0.937. The van der Waals surface area contributed by atoms with E-state index < -0.39 is 16.1 Å². The molecule has 0 radical (unpaired) electrons. The molecule has 1 saturated heterocycles. The fourth-order valence-electron chi connectivity index (χ4n) is 2.33. The lowest BCUT2D eigenvalue weighted by Gasteiger charge is -2.15. The van der Waals surface area contributed by atoms with E-state index in [-0.39, 0.29) is 17.5 Å². The predicted molar refractivity (Wildman–Crippen MR) is 83.1 cm³/mol. The number of rotatable bonds is 3. The zero-order valence-corrected chi connectivity index (χ0v) is 13.0. The Morgan fingerprint density at radius 1 is 1.05 bits per heavy atom. The summed E-state index contributed by atoms with van der Waals surface area (Å²) in [5, 5.41) is 3.13. The minimum atomic E-state index is -3.88. The Hall–Kier alpha value is -2.05. The van der Waals surface area contributed by atoms with Gasteiger partial charge < -0.3 is 5.32 Å². The van der Waals surface area contributed by atoms with Crippen molar-refractivity contribution in [3.63, 3.8) is 0 Å². The van der Waals surface area contributed by atoms with Crippen LogP contribution in [0.4, 0.5) is 4.79 Å². The third kappa shape index (κ3) is 2.67. The number of amides is 2. The van der Waals surface area contributed by atoms with Gasteiger partial charge in [-0.1, -0.05) is 41.9 Å². The van der Waals surface area contributed by atoms with Crippen LogP contribution in [0.1, 0.15) is 11.6 Å². The van der Waals surface area contributed by atoms with Crippen LogP contribution in [0.3, 0.4) is 0 Å². The van der Waals surface area contributed by atoms with E-state index in [0.29, 0.717) is 5.02 Å². The standard InChI is InChI=1S/C15H13ClN2O3S/c16-12-6-8-13(9-7-12)22(20,21)18-10-14(17-15(18)19)11-4-2-1-3-5-11/h1-9,14H,10H2,(H,17,19). The molecule has 3 rings (SSSR count). The number of sulfonamides is 1. The SMILES string of the molecule is O=C1NC(c2ccccc2)CN1S(=O)(=O)c1ccc(Cl)cc1. The Labute approximate surface area is 133 Å². The molecule has 0 saturated carbocycles. The highest BCUT2D eigenvalue weighted by molar-refractivity contribution is 7.89.